The van der Waals surface area contributed by atoms with Crippen LogP contribution in [0.3, 0.4) is 0 Å². The first-order valence-electron chi connectivity index (χ1n) is 9.46. The number of hydrogen-bond acceptors (Lipinski definition) is 2. The summed E-state index contributed by atoms with van der Waals surface area (Å²) in [7, 11) is 1.87. The summed E-state index contributed by atoms with van der Waals surface area (Å²) in [5.41, 5.74) is 5.46. The van der Waals surface area contributed by atoms with E-state index < -0.39 is 0 Å². The zero-order valence-corrected chi connectivity index (χ0v) is 17.3. The van der Waals surface area contributed by atoms with Gasteiger partial charge in [0.15, 0.2) is 0 Å². The standard InChI is InChI=1S/C24H24N2OS/c1-17-9-11-20(12-10-17)16-26-21-13-18(2)28-23(21)14-22(26)24(27)25(3)15-19-7-5-4-6-8-19/h4-14H,15-16H2,1-3H3. The van der Waals surface area contributed by atoms with Crippen molar-refractivity contribution in [3.8, 4) is 0 Å². The predicted octanol–water partition coefficient (Wildman–Crippen LogP) is 5.64. The topological polar surface area (TPSA) is 25.2 Å². The van der Waals surface area contributed by atoms with Crippen molar-refractivity contribution < 1.29 is 4.79 Å². The monoisotopic (exact) mass is 388 g/mol. The highest BCUT2D eigenvalue weighted by Crippen LogP contribution is 2.30. The van der Waals surface area contributed by atoms with Gasteiger partial charge in [0.05, 0.1) is 10.2 Å². The van der Waals surface area contributed by atoms with Crippen molar-refractivity contribution in [2.45, 2.75) is 26.9 Å². The van der Waals surface area contributed by atoms with Crippen LogP contribution in [0.15, 0.2) is 66.7 Å². The highest BCUT2D eigenvalue weighted by molar-refractivity contribution is 7.19. The number of carbonyl (C=O) groups excluding carboxylic acids is 1. The number of nitrogens with zero attached hydrogens (tertiary/aromatic N) is 2. The Morgan fingerprint density at radius 3 is 2.39 bits per heavy atom. The summed E-state index contributed by atoms with van der Waals surface area (Å²) in [4.78, 5) is 16.3. The van der Waals surface area contributed by atoms with Gasteiger partial charge in [-0.15, -0.1) is 11.3 Å². The first-order chi connectivity index (χ1) is 13.5. The third-order valence-electron chi connectivity index (χ3n) is 5.00. The van der Waals surface area contributed by atoms with Gasteiger partial charge in [-0.3, -0.25) is 4.79 Å². The van der Waals surface area contributed by atoms with Crippen molar-refractivity contribution in [1.29, 1.82) is 0 Å². The minimum absolute atomic E-state index is 0.0528. The number of rotatable bonds is 5. The Labute approximate surface area is 169 Å². The molecule has 0 radical (unpaired) electrons. The fourth-order valence-electron chi connectivity index (χ4n) is 3.51. The van der Waals surface area contributed by atoms with E-state index in [-0.39, 0.29) is 5.91 Å². The smallest absolute Gasteiger partial charge is 0.270 e. The van der Waals surface area contributed by atoms with Gasteiger partial charge < -0.3 is 9.47 Å². The molecule has 0 saturated carbocycles. The first-order valence-corrected chi connectivity index (χ1v) is 10.3. The van der Waals surface area contributed by atoms with Crippen molar-refractivity contribution >= 4 is 27.5 Å². The lowest BCUT2D eigenvalue weighted by Crippen LogP contribution is -2.28. The second-order valence-electron chi connectivity index (χ2n) is 7.35. The number of fused-ring (bicyclic) bond motifs is 1. The average Bonchev–Trinajstić information content (AvgIpc) is 3.20. The molecule has 0 aliphatic rings. The normalized spacial score (nSPS) is 11.1. The van der Waals surface area contributed by atoms with E-state index in [2.05, 4.69) is 60.9 Å². The molecular formula is C24H24N2OS. The Kier molecular flexibility index (Phi) is 5.05. The molecule has 0 N–H and O–H groups in total. The summed E-state index contributed by atoms with van der Waals surface area (Å²) in [5.74, 6) is 0.0528. The zero-order valence-electron chi connectivity index (χ0n) is 16.5. The molecule has 1 amide bonds. The summed E-state index contributed by atoms with van der Waals surface area (Å²) < 4.78 is 3.33. The molecule has 2 heterocycles. The van der Waals surface area contributed by atoms with Gasteiger partial charge >= 0.3 is 0 Å². The van der Waals surface area contributed by atoms with Crippen LogP contribution < -0.4 is 0 Å². The Hall–Kier alpha value is -2.85. The fourth-order valence-corrected chi connectivity index (χ4v) is 4.47. The molecule has 142 valence electrons. The van der Waals surface area contributed by atoms with Crippen LogP contribution in [-0.4, -0.2) is 22.4 Å². The summed E-state index contributed by atoms with van der Waals surface area (Å²) in [5, 5.41) is 0. The quantitative estimate of drug-likeness (QED) is 0.434. The van der Waals surface area contributed by atoms with Gasteiger partial charge in [0.1, 0.15) is 5.69 Å². The number of hydrogen-bond donors (Lipinski definition) is 0. The molecule has 0 aliphatic carbocycles. The Morgan fingerprint density at radius 2 is 1.68 bits per heavy atom. The van der Waals surface area contributed by atoms with E-state index in [4.69, 9.17) is 0 Å². The second-order valence-corrected chi connectivity index (χ2v) is 8.64. The maximum Gasteiger partial charge on any atom is 0.270 e. The van der Waals surface area contributed by atoms with Gasteiger partial charge in [-0.05, 0) is 37.1 Å². The maximum absolute atomic E-state index is 13.3. The summed E-state index contributed by atoms with van der Waals surface area (Å²) >= 11 is 1.74. The van der Waals surface area contributed by atoms with Gasteiger partial charge in [0, 0.05) is 25.0 Å². The third-order valence-corrected chi connectivity index (χ3v) is 5.99. The summed E-state index contributed by atoms with van der Waals surface area (Å²) in [6.07, 6.45) is 0. The van der Waals surface area contributed by atoms with Gasteiger partial charge in [0.2, 0.25) is 0 Å². The van der Waals surface area contributed by atoms with Crippen LogP contribution in [0.2, 0.25) is 0 Å². The van der Waals surface area contributed by atoms with Crippen LogP contribution in [0.1, 0.15) is 32.1 Å². The number of amides is 1. The molecule has 0 atom stereocenters. The Morgan fingerprint density at radius 1 is 0.964 bits per heavy atom. The number of aryl methyl sites for hydroxylation is 2. The van der Waals surface area contributed by atoms with E-state index in [1.165, 1.54) is 20.7 Å². The molecule has 0 bridgehead atoms. The van der Waals surface area contributed by atoms with Crippen LogP contribution in [0, 0.1) is 13.8 Å². The lowest BCUT2D eigenvalue weighted by atomic mass is 10.1. The molecule has 4 rings (SSSR count). The molecule has 2 aromatic carbocycles. The second kappa shape index (κ2) is 7.64. The van der Waals surface area contributed by atoms with Crippen molar-refractivity contribution in [2.75, 3.05) is 7.05 Å². The maximum atomic E-state index is 13.3. The molecule has 0 spiro atoms. The van der Waals surface area contributed by atoms with Crippen LogP contribution in [0.4, 0.5) is 0 Å². The first kappa shape index (κ1) is 18.5. The summed E-state index contributed by atoms with van der Waals surface area (Å²) in [6.45, 7) is 5.50. The van der Waals surface area contributed by atoms with E-state index in [1.54, 1.807) is 16.2 Å². The largest absolute Gasteiger partial charge is 0.336 e. The molecule has 2 aromatic heterocycles. The van der Waals surface area contributed by atoms with Crippen molar-refractivity contribution in [3.05, 3.63) is 94.0 Å². The molecule has 4 heteroatoms. The molecule has 0 aliphatic heterocycles. The van der Waals surface area contributed by atoms with E-state index in [0.29, 0.717) is 13.1 Å². The molecule has 3 nitrogen and oxygen atoms in total. The molecule has 0 saturated heterocycles. The van der Waals surface area contributed by atoms with Crippen LogP contribution in [-0.2, 0) is 13.1 Å². The lowest BCUT2D eigenvalue weighted by Gasteiger charge is -2.19. The lowest BCUT2D eigenvalue weighted by molar-refractivity contribution is 0.0775. The Balaban J connectivity index is 1.68. The van der Waals surface area contributed by atoms with E-state index >= 15 is 0 Å². The highest BCUT2D eigenvalue weighted by atomic mass is 32.1. The minimum Gasteiger partial charge on any atom is -0.336 e. The van der Waals surface area contributed by atoms with Crippen molar-refractivity contribution in [3.63, 3.8) is 0 Å². The fraction of sp³-hybridized carbons (Fsp3) is 0.208. The molecule has 28 heavy (non-hydrogen) atoms. The molecule has 4 aromatic rings. The molecular weight excluding hydrogens is 364 g/mol. The SMILES string of the molecule is Cc1ccc(Cn2c(C(=O)N(C)Cc3ccccc3)cc3sc(C)cc32)cc1. The molecule has 0 unspecified atom stereocenters. The highest BCUT2D eigenvalue weighted by Gasteiger charge is 2.20. The summed E-state index contributed by atoms with van der Waals surface area (Å²) in [6, 6.07) is 22.9. The van der Waals surface area contributed by atoms with Gasteiger partial charge in [-0.1, -0.05) is 60.2 Å². The average molecular weight is 389 g/mol. The minimum atomic E-state index is 0.0528. The number of aromatic nitrogens is 1. The van der Waals surface area contributed by atoms with E-state index in [0.717, 1.165) is 16.8 Å². The number of thiophene rings is 1. The predicted molar refractivity (Wildman–Crippen MR) is 117 cm³/mol. The van der Waals surface area contributed by atoms with Gasteiger partial charge in [-0.25, -0.2) is 0 Å². The van der Waals surface area contributed by atoms with Crippen LogP contribution in [0.5, 0.6) is 0 Å². The van der Waals surface area contributed by atoms with Gasteiger partial charge in [0.25, 0.3) is 5.91 Å². The zero-order chi connectivity index (χ0) is 19.7. The van der Waals surface area contributed by atoms with Gasteiger partial charge in [-0.2, -0.15) is 0 Å². The number of carbonyl (C=O) groups is 1. The third kappa shape index (κ3) is 3.73. The number of benzene rings is 2. The Bertz CT molecular complexity index is 1110. The van der Waals surface area contributed by atoms with Crippen LogP contribution in [0.25, 0.3) is 10.2 Å². The van der Waals surface area contributed by atoms with Crippen LogP contribution >= 0.6 is 11.3 Å². The van der Waals surface area contributed by atoms with Crippen molar-refractivity contribution in [2.24, 2.45) is 0 Å². The van der Waals surface area contributed by atoms with E-state index in [9.17, 15) is 4.79 Å². The van der Waals surface area contributed by atoms with E-state index in [1.807, 2.05) is 31.3 Å². The van der Waals surface area contributed by atoms with Crippen molar-refractivity contribution in [1.82, 2.24) is 9.47 Å². The molecule has 0 fully saturated rings.